The monoisotopic (exact) mass is 351 g/mol. The van der Waals surface area contributed by atoms with Gasteiger partial charge in [0, 0.05) is 12.6 Å². The van der Waals surface area contributed by atoms with E-state index in [-0.39, 0.29) is 18.1 Å². The molecular formula is C22H29N3O. The Kier molecular flexibility index (Phi) is 6.29. The average Bonchev–Trinajstić information content (AvgIpc) is 3.49. The number of carbonyl (C=O) groups is 1. The fraction of sp³-hybridized carbons (Fsp3) is 0.409. The summed E-state index contributed by atoms with van der Waals surface area (Å²) in [6.07, 6.45) is 3.29. The number of likely N-dealkylation sites (N-methyl/N-ethyl adjacent to an activating group) is 1. The highest BCUT2D eigenvalue weighted by Gasteiger charge is 2.33. The van der Waals surface area contributed by atoms with Gasteiger partial charge < -0.3 is 15.5 Å². The second-order valence-corrected chi connectivity index (χ2v) is 7.39. The van der Waals surface area contributed by atoms with Crippen LogP contribution in [-0.4, -0.2) is 37.6 Å². The molecule has 4 nitrogen and oxygen atoms in total. The third-order valence-corrected chi connectivity index (χ3v) is 5.08. The Morgan fingerprint density at radius 3 is 2.23 bits per heavy atom. The van der Waals surface area contributed by atoms with Crippen LogP contribution in [0.25, 0.3) is 0 Å². The van der Waals surface area contributed by atoms with E-state index < -0.39 is 0 Å². The van der Waals surface area contributed by atoms with Gasteiger partial charge in [0.25, 0.3) is 0 Å². The molecule has 1 aliphatic carbocycles. The lowest BCUT2D eigenvalue weighted by molar-refractivity contribution is 0.227. The molecule has 2 aromatic rings. The Bertz CT molecular complexity index is 683. The van der Waals surface area contributed by atoms with E-state index in [4.69, 9.17) is 0 Å². The Balaban J connectivity index is 1.54. The fourth-order valence-electron chi connectivity index (χ4n) is 3.29. The molecular weight excluding hydrogens is 322 g/mol. The molecule has 1 aliphatic rings. The molecule has 2 aromatic carbocycles. The molecule has 1 saturated carbocycles. The van der Waals surface area contributed by atoms with Gasteiger partial charge in [-0.25, -0.2) is 4.79 Å². The van der Waals surface area contributed by atoms with E-state index in [0.717, 1.165) is 6.42 Å². The maximum absolute atomic E-state index is 12.5. The Morgan fingerprint density at radius 1 is 1.04 bits per heavy atom. The first kappa shape index (κ1) is 18.5. The number of urea groups is 1. The quantitative estimate of drug-likeness (QED) is 0.763. The third kappa shape index (κ3) is 5.33. The molecule has 0 bridgehead atoms. The molecule has 4 heteroatoms. The van der Waals surface area contributed by atoms with Crippen molar-refractivity contribution in [1.82, 2.24) is 15.5 Å². The lowest BCUT2D eigenvalue weighted by Crippen LogP contribution is -2.46. The molecule has 2 amide bonds. The largest absolute Gasteiger partial charge is 0.337 e. The van der Waals surface area contributed by atoms with Gasteiger partial charge in [-0.15, -0.1) is 0 Å². The lowest BCUT2D eigenvalue weighted by atomic mass is 10.0. The summed E-state index contributed by atoms with van der Waals surface area (Å²) in [6, 6.07) is 21.0. The number of amides is 2. The van der Waals surface area contributed by atoms with Gasteiger partial charge in [0.1, 0.15) is 0 Å². The van der Waals surface area contributed by atoms with Crippen molar-refractivity contribution in [3.8, 4) is 0 Å². The van der Waals surface area contributed by atoms with Crippen LogP contribution in [0.4, 0.5) is 4.79 Å². The first-order valence-corrected chi connectivity index (χ1v) is 9.43. The van der Waals surface area contributed by atoms with Crippen LogP contribution in [0.3, 0.4) is 0 Å². The van der Waals surface area contributed by atoms with Crippen molar-refractivity contribution in [2.24, 2.45) is 5.92 Å². The maximum Gasteiger partial charge on any atom is 0.315 e. The van der Waals surface area contributed by atoms with Gasteiger partial charge in [-0.05, 0) is 50.4 Å². The summed E-state index contributed by atoms with van der Waals surface area (Å²) in [6.45, 7) is 0.625. The van der Waals surface area contributed by atoms with Crippen molar-refractivity contribution in [3.05, 3.63) is 71.8 Å². The van der Waals surface area contributed by atoms with Crippen LogP contribution >= 0.6 is 0 Å². The summed E-state index contributed by atoms with van der Waals surface area (Å²) in [5.41, 5.74) is 2.48. The molecule has 0 radical (unpaired) electrons. The summed E-state index contributed by atoms with van der Waals surface area (Å²) < 4.78 is 0. The predicted molar refractivity (Wildman–Crippen MR) is 106 cm³/mol. The van der Waals surface area contributed by atoms with Crippen molar-refractivity contribution >= 4 is 6.03 Å². The molecule has 26 heavy (non-hydrogen) atoms. The molecule has 2 unspecified atom stereocenters. The third-order valence-electron chi connectivity index (χ3n) is 5.08. The second kappa shape index (κ2) is 8.86. The van der Waals surface area contributed by atoms with E-state index in [2.05, 4.69) is 66.0 Å². The van der Waals surface area contributed by atoms with E-state index >= 15 is 0 Å². The summed E-state index contributed by atoms with van der Waals surface area (Å²) in [4.78, 5) is 14.7. The van der Waals surface area contributed by atoms with Crippen molar-refractivity contribution in [1.29, 1.82) is 0 Å². The van der Waals surface area contributed by atoms with E-state index in [1.54, 1.807) is 0 Å². The van der Waals surface area contributed by atoms with E-state index in [1.807, 2.05) is 24.3 Å². The van der Waals surface area contributed by atoms with Crippen LogP contribution in [-0.2, 0) is 6.42 Å². The molecule has 2 N–H and O–H groups in total. The molecule has 3 rings (SSSR count). The molecule has 1 fully saturated rings. The predicted octanol–water partition coefficient (Wildman–Crippen LogP) is 3.61. The van der Waals surface area contributed by atoms with E-state index in [0.29, 0.717) is 12.5 Å². The Hall–Kier alpha value is -2.33. The topological polar surface area (TPSA) is 44.4 Å². The normalized spacial score (nSPS) is 16.1. The van der Waals surface area contributed by atoms with E-state index in [1.165, 1.54) is 24.0 Å². The fourth-order valence-corrected chi connectivity index (χ4v) is 3.29. The van der Waals surface area contributed by atoms with E-state index in [9.17, 15) is 4.79 Å². The van der Waals surface area contributed by atoms with Gasteiger partial charge in [-0.1, -0.05) is 60.7 Å². The first-order valence-electron chi connectivity index (χ1n) is 9.43. The van der Waals surface area contributed by atoms with Crippen molar-refractivity contribution in [2.75, 3.05) is 20.6 Å². The average molecular weight is 351 g/mol. The van der Waals surface area contributed by atoms with Crippen LogP contribution in [0.5, 0.6) is 0 Å². The van der Waals surface area contributed by atoms with Crippen LogP contribution in [0.1, 0.15) is 30.0 Å². The standard InChI is InChI=1S/C22H29N3O/c1-25(2)20(15-17-9-5-3-6-10-17)16-23-22(26)24-21(19-13-14-19)18-11-7-4-8-12-18/h3-12,19-21H,13-16H2,1-2H3,(H2,23,24,26). The number of benzene rings is 2. The minimum atomic E-state index is -0.0781. The number of rotatable bonds is 8. The highest BCUT2D eigenvalue weighted by Crippen LogP contribution is 2.40. The van der Waals surface area contributed by atoms with Gasteiger partial charge in [0.15, 0.2) is 0 Å². The molecule has 0 aliphatic heterocycles. The van der Waals surface area contributed by atoms with Gasteiger partial charge in [0.05, 0.1) is 6.04 Å². The molecule has 0 spiro atoms. The zero-order valence-corrected chi connectivity index (χ0v) is 15.7. The van der Waals surface area contributed by atoms with Gasteiger partial charge in [0.2, 0.25) is 0 Å². The highest BCUT2D eigenvalue weighted by molar-refractivity contribution is 5.74. The highest BCUT2D eigenvalue weighted by atomic mass is 16.2. The zero-order valence-electron chi connectivity index (χ0n) is 15.7. The van der Waals surface area contributed by atoms with Crippen LogP contribution in [0.15, 0.2) is 60.7 Å². The smallest absolute Gasteiger partial charge is 0.315 e. The number of carbonyl (C=O) groups excluding carboxylic acids is 1. The number of nitrogens with zero attached hydrogens (tertiary/aromatic N) is 1. The Morgan fingerprint density at radius 2 is 1.65 bits per heavy atom. The van der Waals surface area contributed by atoms with Gasteiger partial charge in [-0.3, -0.25) is 0 Å². The number of hydrogen-bond donors (Lipinski definition) is 2. The van der Waals surface area contributed by atoms with Crippen LogP contribution in [0.2, 0.25) is 0 Å². The van der Waals surface area contributed by atoms with Crippen LogP contribution < -0.4 is 10.6 Å². The summed E-state index contributed by atoms with van der Waals surface area (Å²) in [7, 11) is 4.12. The summed E-state index contributed by atoms with van der Waals surface area (Å²) >= 11 is 0. The molecule has 0 saturated heterocycles. The van der Waals surface area contributed by atoms with Crippen molar-refractivity contribution < 1.29 is 4.79 Å². The summed E-state index contributed by atoms with van der Waals surface area (Å²) in [5.74, 6) is 0.567. The van der Waals surface area contributed by atoms with Crippen molar-refractivity contribution in [2.45, 2.75) is 31.3 Å². The Labute approximate surface area is 156 Å². The van der Waals surface area contributed by atoms with Crippen LogP contribution in [0, 0.1) is 5.92 Å². The minimum absolute atomic E-state index is 0.0781. The molecule has 0 aromatic heterocycles. The van der Waals surface area contributed by atoms with Crippen molar-refractivity contribution in [3.63, 3.8) is 0 Å². The second-order valence-electron chi connectivity index (χ2n) is 7.39. The SMILES string of the molecule is CN(C)C(CNC(=O)NC(c1ccccc1)C1CC1)Cc1ccccc1. The maximum atomic E-state index is 12.5. The lowest BCUT2D eigenvalue weighted by Gasteiger charge is -2.26. The van der Waals surface area contributed by atoms with Gasteiger partial charge in [-0.2, -0.15) is 0 Å². The molecule has 138 valence electrons. The number of hydrogen-bond acceptors (Lipinski definition) is 2. The minimum Gasteiger partial charge on any atom is -0.337 e. The first-order chi connectivity index (χ1) is 12.6. The van der Waals surface area contributed by atoms with Gasteiger partial charge >= 0.3 is 6.03 Å². The molecule has 2 atom stereocenters. The molecule has 0 heterocycles. The zero-order chi connectivity index (χ0) is 18.4. The number of nitrogens with one attached hydrogen (secondary N) is 2. The summed E-state index contributed by atoms with van der Waals surface area (Å²) in [5, 5.41) is 6.26.